The summed E-state index contributed by atoms with van der Waals surface area (Å²) in [6.45, 7) is 54.6. The van der Waals surface area contributed by atoms with Crippen LogP contribution in [0.3, 0.4) is 0 Å². The van der Waals surface area contributed by atoms with E-state index < -0.39 is 42.0 Å². The van der Waals surface area contributed by atoms with Gasteiger partial charge in [-0.1, -0.05) is 211 Å². The minimum absolute atomic E-state index is 0.00452. The number of esters is 5. The summed E-state index contributed by atoms with van der Waals surface area (Å²) in [5.41, 5.74) is 2.65. The van der Waals surface area contributed by atoms with Gasteiger partial charge in [0.05, 0.1) is 65.9 Å². The molecule has 0 amide bonds. The topological polar surface area (TPSA) is 313 Å². The van der Waals surface area contributed by atoms with Gasteiger partial charge in [0.15, 0.2) is 30.4 Å². The number of ether oxygens (including phenoxy) is 14. The molecule has 4 saturated heterocycles. The maximum Gasteiger partial charge on any atom is 0.319 e. The summed E-state index contributed by atoms with van der Waals surface area (Å²) in [6.07, 6.45) is 12.0. The Balaban J connectivity index is 0.000000520. The number of fused-ring (bicyclic) bond motifs is 1. The number of likely N-dealkylation sites (N-methyl/N-ethyl adjacent to an activating group) is 3. The molecule has 4 fully saturated rings. The van der Waals surface area contributed by atoms with E-state index in [0.717, 1.165) is 16.7 Å². The van der Waals surface area contributed by atoms with E-state index in [4.69, 9.17) is 89.5 Å². The molecule has 141 heavy (non-hydrogen) atoms. The summed E-state index contributed by atoms with van der Waals surface area (Å²) < 4.78 is 87.1. The molecule has 814 valence electrons. The second kappa shape index (κ2) is 64.7. The van der Waals surface area contributed by atoms with Gasteiger partial charge in [-0.05, 0) is 218 Å². The van der Waals surface area contributed by atoms with Crippen molar-refractivity contribution >= 4 is 123 Å². The molecule has 7 heterocycles. The molecule has 0 aromatic heterocycles. The number of allylic oxidation sites excluding steroid dienone is 8. The molecule has 32 heteroatoms. The van der Waals surface area contributed by atoms with Crippen molar-refractivity contribution in [2.45, 2.75) is 371 Å². The largest absolute Gasteiger partial charge is 0.465 e. The van der Waals surface area contributed by atoms with Crippen molar-refractivity contribution in [2.24, 2.45) is 118 Å². The maximum absolute atomic E-state index is 13.5. The summed E-state index contributed by atoms with van der Waals surface area (Å²) in [5, 5.41) is 10.2. The Bertz CT molecular complexity index is 3960. The Kier molecular flexibility index (Phi) is 60.3. The van der Waals surface area contributed by atoms with Gasteiger partial charge >= 0.3 is 29.8 Å². The van der Waals surface area contributed by atoms with Gasteiger partial charge in [-0.2, -0.15) is 0 Å². The fourth-order valence-corrected chi connectivity index (χ4v) is 21.6. The summed E-state index contributed by atoms with van der Waals surface area (Å²) in [4.78, 5) is 121. The minimum Gasteiger partial charge on any atom is -0.465 e. The number of carbonyl (C=O) groups excluding carboxylic acids is 9. The van der Waals surface area contributed by atoms with E-state index in [-0.39, 0.29) is 299 Å². The lowest BCUT2D eigenvalue weighted by Crippen LogP contribution is -2.60. The molecule has 0 aliphatic carbocycles. The number of aliphatic hydroxyl groups is 1. The number of aliphatic hydroxyl groups excluding tert-OH is 1. The smallest absolute Gasteiger partial charge is 0.319 e. The Morgan fingerprint density at radius 2 is 0.787 bits per heavy atom. The number of hydrogen-bond acceptors (Lipinski definition) is 27. The molecule has 0 radical (unpaired) electrons. The molecule has 19 unspecified atom stereocenters. The number of rotatable bonds is 20. The van der Waals surface area contributed by atoms with Crippen molar-refractivity contribution < 1.29 is 115 Å². The summed E-state index contributed by atoms with van der Waals surface area (Å²) in [6, 6.07) is 0.284. The highest BCUT2D eigenvalue weighted by Crippen LogP contribution is 2.44. The normalized spacial score (nSPS) is 40.0. The van der Waals surface area contributed by atoms with E-state index in [9.17, 15) is 48.3 Å². The van der Waals surface area contributed by atoms with Crippen LogP contribution in [0.4, 0.5) is 0 Å². The van der Waals surface area contributed by atoms with Crippen molar-refractivity contribution in [2.75, 3.05) is 88.8 Å². The third-order valence-electron chi connectivity index (χ3n) is 30.9. The van der Waals surface area contributed by atoms with Crippen molar-refractivity contribution in [1.82, 2.24) is 14.7 Å². The van der Waals surface area contributed by atoms with Crippen LogP contribution in [0.2, 0.25) is 0 Å². The SMILES string of the molecule is CC(Br)C(=O)Br.CC[C@H]1OC(=O)C[C@@H](C)[C@H](C)[C@@H](OC2OC(C)C(C)C(N(C)C)C2OC)[C@@H](C)C[C@@H](C)C(=O)/C=C/C(C)=C/[C@@H]1CO.CC[C@H]1OC(=O)C[C@@H](C)[C@H](C)[C@@H](OC2OC(C)C(C)C(N(C)C)C2OC)[C@@H](C)C[C@@H](C)C(=O)/C=C/C(C)=C/[C@@H]1COC(=O)C(C)Br.CC[C@H]1OC(=O)C[C@@H](C)[C@H](C)[C@@H](OC2OC(C)C(C)C(N(C)C)C2OC)[C@@H](C)C[C@@H](C)C(=O)C/C=C(\C)C2C(C)C(=O)OC[C@@H]21.ClCCl. The van der Waals surface area contributed by atoms with Crippen LogP contribution in [0.5, 0.6) is 0 Å². The summed E-state index contributed by atoms with van der Waals surface area (Å²) >= 11 is 18.6. The Labute approximate surface area is 883 Å². The molecule has 0 saturated carbocycles. The Morgan fingerprint density at radius 1 is 0.468 bits per heavy atom. The molecule has 7 aliphatic rings. The lowest BCUT2D eigenvalue weighted by atomic mass is 9.73. The van der Waals surface area contributed by atoms with Gasteiger partial charge in [-0.3, -0.25) is 43.2 Å². The first-order chi connectivity index (χ1) is 65.9. The summed E-state index contributed by atoms with van der Waals surface area (Å²) in [5.74, 6) is -2.97. The van der Waals surface area contributed by atoms with Crippen LogP contribution < -0.4 is 0 Å². The second-order valence-corrected chi connectivity index (χ2v) is 46.9. The summed E-state index contributed by atoms with van der Waals surface area (Å²) in [7, 11) is 17.4. The molecule has 1 N–H and O–H groups in total. The van der Waals surface area contributed by atoms with Gasteiger partial charge in [0, 0.05) is 124 Å². The molecule has 0 bridgehead atoms. The van der Waals surface area contributed by atoms with Crippen LogP contribution in [0.1, 0.15) is 251 Å². The van der Waals surface area contributed by atoms with Crippen molar-refractivity contribution in [3.05, 3.63) is 59.3 Å². The zero-order valence-electron chi connectivity index (χ0n) is 92.1. The molecule has 27 nitrogen and oxygen atoms in total. The zero-order valence-corrected chi connectivity index (χ0v) is 98.4. The highest BCUT2D eigenvalue weighted by molar-refractivity contribution is 9.20. The molecular formula is C109H184Br3Cl2N3O24. The highest BCUT2D eigenvalue weighted by Gasteiger charge is 2.52. The van der Waals surface area contributed by atoms with E-state index in [0.29, 0.717) is 38.5 Å². The van der Waals surface area contributed by atoms with Crippen LogP contribution in [0, 0.1) is 118 Å². The number of Topliss-reactive ketones (excluding diaryl/α,β-unsaturated/α-hetero) is 1. The average molecular weight is 2230 g/mol. The minimum atomic E-state index is -0.614. The first-order valence-electron chi connectivity index (χ1n) is 51.6. The molecule has 7 aliphatic heterocycles. The molecule has 7 rings (SSSR count). The van der Waals surface area contributed by atoms with E-state index in [1.54, 1.807) is 59.5 Å². The predicted octanol–water partition coefficient (Wildman–Crippen LogP) is 20.2. The van der Waals surface area contributed by atoms with Crippen molar-refractivity contribution in [1.29, 1.82) is 0 Å². The number of carbonyl (C=O) groups is 9. The average Bonchev–Trinajstić information content (AvgIpc) is 0.802. The lowest BCUT2D eigenvalue weighted by molar-refractivity contribution is -0.297. The fourth-order valence-electron chi connectivity index (χ4n) is 21.4. The Hall–Kier alpha value is -3.77. The first kappa shape index (κ1) is 131. The van der Waals surface area contributed by atoms with Gasteiger partial charge in [-0.15, -0.1) is 23.2 Å². The van der Waals surface area contributed by atoms with Crippen LogP contribution in [0.15, 0.2) is 59.3 Å². The lowest BCUT2D eigenvalue weighted by Gasteiger charge is -2.48. The second-order valence-electron chi connectivity index (χ2n) is 42.5. The van der Waals surface area contributed by atoms with Crippen LogP contribution >= 0.6 is 71.0 Å². The van der Waals surface area contributed by atoms with Gasteiger partial charge < -0.3 is 86.1 Å². The van der Waals surface area contributed by atoms with Gasteiger partial charge in [0.2, 0.25) is 4.69 Å². The Morgan fingerprint density at radius 3 is 1.09 bits per heavy atom. The van der Waals surface area contributed by atoms with Gasteiger partial charge in [0.1, 0.15) is 53.8 Å². The number of halogens is 5. The molecule has 40 atom stereocenters. The van der Waals surface area contributed by atoms with Crippen molar-refractivity contribution in [3.63, 3.8) is 0 Å². The van der Waals surface area contributed by atoms with Crippen LogP contribution in [-0.4, -0.2) is 280 Å². The molecule has 0 aromatic carbocycles. The van der Waals surface area contributed by atoms with E-state index >= 15 is 0 Å². The monoisotopic (exact) mass is 2230 g/mol. The van der Waals surface area contributed by atoms with E-state index in [1.165, 1.54) is 0 Å². The number of cyclic esters (lactones) is 4. The quantitative estimate of drug-likeness (QED) is 0.0389. The molecule has 0 spiro atoms. The van der Waals surface area contributed by atoms with Gasteiger partial charge in [-0.25, -0.2) is 0 Å². The first-order valence-corrected chi connectivity index (χ1v) is 55.3. The zero-order chi connectivity index (χ0) is 108. The highest BCUT2D eigenvalue weighted by atomic mass is 79.9. The van der Waals surface area contributed by atoms with Gasteiger partial charge in [0.25, 0.3) is 0 Å². The van der Waals surface area contributed by atoms with E-state index in [2.05, 4.69) is 181 Å². The number of hydrogen-bond donors (Lipinski definition) is 1. The van der Waals surface area contributed by atoms with Crippen LogP contribution in [0.25, 0.3) is 0 Å². The van der Waals surface area contributed by atoms with Crippen LogP contribution in [-0.2, 0) is 109 Å². The third-order valence-corrected chi connectivity index (χ3v) is 33.0. The molecule has 0 aromatic rings. The maximum atomic E-state index is 13.5. The van der Waals surface area contributed by atoms with E-state index in [1.807, 2.05) is 115 Å². The molecular weight excluding hydrogens is 2050 g/mol. The number of alkyl halides is 4. The van der Waals surface area contributed by atoms with Crippen molar-refractivity contribution in [3.8, 4) is 0 Å². The fraction of sp³-hybridized carbons (Fsp3) is 0.826. The standard InChI is InChI=1S/C36H60BrNO8.C36H61NO8.C33H57NO7.C3H4Br2O.CH2Cl2/c1-13-30-28(19-43-35(41)26(8)37)16-20(2)14-15-29(39)22(4)17-23(5)33(24(6)21(3)18-31(40)45-30)46-36-34(42-12)32(38(10)11)25(7)27(9)44-36;1-13-29-27-18-42-35(40)25(8)31(27)19(2)14-15-28(38)21(4)16-22(5)33(23(6)20(3)17-30(39)44-29)45-36-34(41-12)32(37(10)11)24(7)26(9)43-36;1-12-28-26(18-35)15-19(2)13-14-27(36)21(4)16-22(5)31(23(6)20(3)17-29(37)40-28)41-33-32(38-11)30(34(9)10)24(7)25(8)39-33;1-2(4)3(5)6;2-1-3/h14-16,21-28,30,32-34,36H,13,17-19H2,1-12H3;14,20-27,29,31-34,36H,13,15-18H2,1-12H3;13-15,20-26,28,30-33,35H,12,16-18H2,1-11H3;2H,1H3;1H2/b15-14+,20-16+;19-14+;14-13+,19-15+;;/t21-,22-,23+,24+,25?,26?,27?,28-,30-,32?,33+,34?,36?;20-,21-,22+,23+,24?,25?,26?,27-,29-,31?,32?,33+,34?,36?;20-,21-,22+,23+,24?,25?,26-,28-,30?,31+,32?,33?;;/m111../s1. The number of nitrogens with zero attached hydrogens (tertiary/aromatic N) is 3. The number of methoxy groups -OCH3 is 3. The predicted molar refractivity (Wildman–Crippen MR) is 567 cm³/mol. The number of ketones is 3. The third kappa shape index (κ3) is 40.2.